The molecule has 0 bridgehead atoms. The van der Waals surface area contributed by atoms with E-state index in [1.807, 2.05) is 12.3 Å². The minimum Gasteiger partial charge on any atom is -0.353 e. The van der Waals surface area contributed by atoms with Crippen molar-refractivity contribution >= 4 is 34.1 Å². The van der Waals surface area contributed by atoms with Crippen LogP contribution in [-0.4, -0.2) is 50.4 Å². The number of rotatable bonds is 2. The lowest BCUT2D eigenvalue weighted by Gasteiger charge is -2.44. The molecule has 5 heterocycles. The highest BCUT2D eigenvalue weighted by molar-refractivity contribution is 7.14. The number of fused-ring (bicyclic) bond motifs is 1. The Kier molecular flexibility index (Phi) is 2.85. The molecule has 3 unspecified atom stereocenters. The van der Waals surface area contributed by atoms with Gasteiger partial charge in [-0.2, -0.15) is 5.26 Å². The number of nitrogens with zero attached hydrogens (tertiary/aromatic N) is 5. The lowest BCUT2D eigenvalue weighted by Crippen LogP contribution is -2.53. The van der Waals surface area contributed by atoms with E-state index in [4.69, 9.17) is 5.26 Å². The topological polar surface area (TPSA) is 88.7 Å². The number of H-pyrrole nitrogens is 1. The third-order valence-corrected chi connectivity index (χ3v) is 7.46. The highest BCUT2D eigenvalue weighted by Crippen LogP contribution is 2.62. The average Bonchev–Trinajstić information content (AvgIpc) is 3.03. The van der Waals surface area contributed by atoms with Crippen LogP contribution < -0.4 is 4.90 Å². The second-order valence-corrected chi connectivity index (χ2v) is 8.62. The molecule has 3 atom stereocenters. The second kappa shape index (κ2) is 5.08. The number of thiophene rings is 1. The summed E-state index contributed by atoms with van der Waals surface area (Å²) in [6, 6.07) is 7.88. The first-order valence-electron chi connectivity index (χ1n) is 9.09. The first kappa shape index (κ1) is 15.2. The molecule has 2 aliphatic heterocycles. The SMILES string of the molecule is N#Cc1ccc(C(=O)N2C3CN(c4ncnc5[nH]ccc45)CC4CCC432)s1. The Balaban J connectivity index is 1.32. The molecule has 8 heteroatoms. The summed E-state index contributed by atoms with van der Waals surface area (Å²) in [7, 11) is 0. The third-order valence-electron chi connectivity index (χ3n) is 6.48. The van der Waals surface area contributed by atoms with Gasteiger partial charge in [0.2, 0.25) is 0 Å². The number of hydrogen-bond donors (Lipinski definition) is 1. The van der Waals surface area contributed by atoms with E-state index in [2.05, 4.69) is 30.8 Å². The number of amides is 1. The molecule has 1 saturated carbocycles. The molecule has 2 saturated heterocycles. The van der Waals surface area contributed by atoms with Crippen LogP contribution in [0.15, 0.2) is 30.7 Å². The summed E-state index contributed by atoms with van der Waals surface area (Å²) in [5.74, 6) is 1.51. The first-order chi connectivity index (χ1) is 13.2. The molecule has 134 valence electrons. The standard InChI is InChI=1S/C19H16N6OS/c20-7-12-1-2-14(27-12)18(26)25-15-9-24(8-11-3-5-19(11,15)25)17-13-4-6-21-16(13)22-10-23-17/h1-2,4,6,10-11,15H,3,5,8-9H2,(H,21,22,23). The van der Waals surface area contributed by atoms with E-state index in [1.165, 1.54) is 11.3 Å². The van der Waals surface area contributed by atoms with E-state index in [0.717, 1.165) is 42.8 Å². The van der Waals surface area contributed by atoms with Crippen molar-refractivity contribution in [2.24, 2.45) is 5.92 Å². The van der Waals surface area contributed by atoms with Gasteiger partial charge in [0.05, 0.1) is 21.8 Å². The Morgan fingerprint density at radius 1 is 1.33 bits per heavy atom. The van der Waals surface area contributed by atoms with Crippen LogP contribution >= 0.6 is 11.3 Å². The monoisotopic (exact) mass is 376 g/mol. The van der Waals surface area contributed by atoms with Crippen molar-refractivity contribution in [3.8, 4) is 6.07 Å². The molecule has 27 heavy (non-hydrogen) atoms. The van der Waals surface area contributed by atoms with Crippen LogP contribution in [0.4, 0.5) is 5.82 Å². The van der Waals surface area contributed by atoms with Crippen molar-refractivity contribution in [1.29, 1.82) is 5.26 Å². The molecule has 0 radical (unpaired) electrons. The summed E-state index contributed by atoms with van der Waals surface area (Å²) < 4.78 is 0. The Morgan fingerprint density at radius 3 is 3.04 bits per heavy atom. The predicted molar refractivity (Wildman–Crippen MR) is 101 cm³/mol. The van der Waals surface area contributed by atoms with Crippen LogP contribution in [-0.2, 0) is 0 Å². The van der Waals surface area contributed by atoms with E-state index >= 15 is 0 Å². The number of anilines is 1. The van der Waals surface area contributed by atoms with Crippen LogP contribution in [0.3, 0.4) is 0 Å². The Bertz CT molecular complexity index is 1130. The molecule has 7 nitrogen and oxygen atoms in total. The van der Waals surface area contributed by atoms with E-state index in [9.17, 15) is 4.79 Å². The van der Waals surface area contributed by atoms with Gasteiger partial charge in [-0.1, -0.05) is 0 Å². The molecule has 1 aliphatic carbocycles. The maximum atomic E-state index is 13.1. The second-order valence-electron chi connectivity index (χ2n) is 7.54. The fourth-order valence-electron chi connectivity index (χ4n) is 5.09. The molecule has 6 rings (SSSR count). The highest BCUT2D eigenvalue weighted by Gasteiger charge is 2.74. The summed E-state index contributed by atoms with van der Waals surface area (Å²) in [6.07, 6.45) is 5.71. The lowest BCUT2D eigenvalue weighted by atomic mass is 9.68. The largest absolute Gasteiger partial charge is 0.353 e. The lowest BCUT2D eigenvalue weighted by molar-refractivity contribution is 0.0775. The third kappa shape index (κ3) is 1.87. The zero-order valence-corrected chi connectivity index (χ0v) is 15.2. The summed E-state index contributed by atoms with van der Waals surface area (Å²) in [5, 5.41) is 10.1. The van der Waals surface area contributed by atoms with Gasteiger partial charge >= 0.3 is 0 Å². The Labute approximate surface area is 159 Å². The van der Waals surface area contributed by atoms with Gasteiger partial charge in [0.25, 0.3) is 5.91 Å². The normalized spacial score (nSPS) is 28.3. The number of aromatic amines is 1. The highest BCUT2D eigenvalue weighted by atomic mass is 32.1. The molecule has 1 spiro atoms. The molecule has 1 amide bonds. The fourth-order valence-corrected chi connectivity index (χ4v) is 5.84. The van der Waals surface area contributed by atoms with Gasteiger partial charge in [-0.3, -0.25) is 4.79 Å². The fraction of sp³-hybridized carbons (Fsp3) is 0.368. The first-order valence-corrected chi connectivity index (χ1v) is 9.90. The molecule has 3 aliphatic rings. The summed E-state index contributed by atoms with van der Waals surface area (Å²) in [4.78, 5) is 30.7. The smallest absolute Gasteiger partial charge is 0.264 e. The summed E-state index contributed by atoms with van der Waals surface area (Å²) >= 11 is 1.29. The van der Waals surface area contributed by atoms with E-state index in [1.54, 1.807) is 18.5 Å². The van der Waals surface area contributed by atoms with Crippen molar-refractivity contribution in [3.63, 3.8) is 0 Å². The van der Waals surface area contributed by atoms with E-state index < -0.39 is 0 Å². The van der Waals surface area contributed by atoms with Crippen molar-refractivity contribution in [2.45, 2.75) is 24.4 Å². The molecular weight excluding hydrogens is 360 g/mol. The summed E-state index contributed by atoms with van der Waals surface area (Å²) in [5.41, 5.74) is 0.881. The van der Waals surface area contributed by atoms with Gasteiger partial charge in [-0.25, -0.2) is 9.97 Å². The average molecular weight is 376 g/mol. The maximum absolute atomic E-state index is 13.1. The van der Waals surface area contributed by atoms with Gasteiger partial charge in [-0.05, 0) is 31.0 Å². The number of piperidine rings is 1. The van der Waals surface area contributed by atoms with Crippen molar-refractivity contribution < 1.29 is 4.79 Å². The predicted octanol–water partition coefficient (Wildman–Crippen LogP) is 2.38. The molecule has 3 aromatic heterocycles. The minimum atomic E-state index is 0.0364. The number of nitrogens with one attached hydrogen (secondary N) is 1. The summed E-state index contributed by atoms with van der Waals surface area (Å²) in [6.45, 7) is 1.72. The van der Waals surface area contributed by atoms with Gasteiger partial charge < -0.3 is 14.8 Å². The number of carbonyl (C=O) groups is 1. The zero-order chi connectivity index (χ0) is 18.2. The van der Waals surface area contributed by atoms with Crippen molar-refractivity contribution in [2.75, 3.05) is 18.0 Å². The number of hydrogen-bond acceptors (Lipinski definition) is 6. The molecular formula is C19H16N6OS. The molecule has 1 N–H and O–H groups in total. The number of aromatic nitrogens is 3. The van der Waals surface area contributed by atoms with E-state index in [-0.39, 0.29) is 17.5 Å². The van der Waals surface area contributed by atoms with Crippen LogP contribution in [0, 0.1) is 17.2 Å². The maximum Gasteiger partial charge on any atom is 0.264 e. The quantitative estimate of drug-likeness (QED) is 0.694. The van der Waals surface area contributed by atoms with Crippen LogP contribution in [0.25, 0.3) is 11.0 Å². The van der Waals surface area contributed by atoms with E-state index in [0.29, 0.717) is 15.7 Å². The number of carbonyl (C=O) groups excluding carboxylic acids is 1. The van der Waals surface area contributed by atoms with Gasteiger partial charge in [0.1, 0.15) is 28.7 Å². The zero-order valence-electron chi connectivity index (χ0n) is 14.4. The Hall–Kier alpha value is -2.92. The minimum absolute atomic E-state index is 0.0364. The molecule has 3 fully saturated rings. The van der Waals surface area contributed by atoms with Gasteiger partial charge in [0, 0.05) is 25.2 Å². The Morgan fingerprint density at radius 2 is 2.26 bits per heavy atom. The van der Waals surface area contributed by atoms with Crippen LogP contribution in [0.1, 0.15) is 27.4 Å². The van der Waals surface area contributed by atoms with Crippen molar-refractivity contribution in [1.82, 2.24) is 19.9 Å². The molecule has 3 aromatic rings. The van der Waals surface area contributed by atoms with Crippen LogP contribution in [0.5, 0.6) is 0 Å². The molecule has 0 aromatic carbocycles. The van der Waals surface area contributed by atoms with Crippen LogP contribution in [0.2, 0.25) is 0 Å². The van der Waals surface area contributed by atoms with Crippen molar-refractivity contribution in [3.05, 3.63) is 40.5 Å². The number of nitriles is 1. The van der Waals surface area contributed by atoms with Gasteiger partial charge in [-0.15, -0.1) is 11.3 Å². The van der Waals surface area contributed by atoms with Gasteiger partial charge in [0.15, 0.2) is 0 Å².